The van der Waals surface area contributed by atoms with Crippen LogP contribution in [0.1, 0.15) is 0 Å². The first kappa shape index (κ1) is 31.5. The van der Waals surface area contributed by atoms with E-state index in [4.69, 9.17) is 8.83 Å². The van der Waals surface area contributed by atoms with Crippen molar-refractivity contribution in [1.29, 1.82) is 0 Å². The van der Waals surface area contributed by atoms with Crippen molar-refractivity contribution in [1.82, 2.24) is 0 Å². The lowest BCUT2D eigenvalue weighted by atomic mass is 10.1. The fraction of sp³-hybridized carbons (Fsp3) is 0. The monoisotopic (exact) mass is 754 g/mol. The molecule has 0 spiro atoms. The van der Waals surface area contributed by atoms with Crippen LogP contribution >= 0.6 is 22.7 Å². The third-order valence-corrected chi connectivity index (χ3v) is 13.1. The molecule has 0 bridgehead atoms. The molecule has 264 valence electrons. The maximum atomic E-state index is 6.55. The third-order valence-electron chi connectivity index (χ3n) is 10.9. The van der Waals surface area contributed by atoms with Crippen molar-refractivity contribution in [2.24, 2.45) is 0 Å². The van der Waals surface area contributed by atoms with Crippen molar-refractivity contribution in [3.63, 3.8) is 0 Å². The number of fused-ring (bicyclic) bond motifs is 11. The Morgan fingerprint density at radius 1 is 0.304 bits per heavy atom. The number of rotatable bonds is 6. The van der Waals surface area contributed by atoms with Crippen molar-refractivity contribution in [3.8, 4) is 0 Å². The molecule has 4 nitrogen and oxygen atoms in total. The molecule has 0 amide bonds. The van der Waals surface area contributed by atoms with Gasteiger partial charge in [-0.15, -0.1) is 22.7 Å². The Labute approximate surface area is 329 Å². The molecule has 12 aromatic rings. The van der Waals surface area contributed by atoms with Gasteiger partial charge in [0.1, 0.15) is 11.2 Å². The topological polar surface area (TPSA) is 32.8 Å². The lowest BCUT2D eigenvalue weighted by molar-refractivity contribution is 0.524. The van der Waals surface area contributed by atoms with Gasteiger partial charge in [0.15, 0.2) is 0 Å². The molecule has 0 aliphatic rings. The summed E-state index contributed by atoms with van der Waals surface area (Å²) in [5.41, 5.74) is 7.99. The molecule has 8 aromatic carbocycles. The molecule has 0 aliphatic carbocycles. The van der Waals surface area contributed by atoms with E-state index in [1.165, 1.54) is 40.3 Å². The van der Waals surface area contributed by atoms with Gasteiger partial charge in [-0.05, 0) is 91.0 Å². The molecular formula is C50H30N2O2S2. The summed E-state index contributed by atoms with van der Waals surface area (Å²) in [6.45, 7) is 0. The summed E-state index contributed by atoms with van der Waals surface area (Å²) in [6, 6.07) is 64.9. The summed E-state index contributed by atoms with van der Waals surface area (Å²) in [7, 11) is 0. The van der Waals surface area contributed by atoms with E-state index in [0.29, 0.717) is 5.78 Å². The van der Waals surface area contributed by atoms with Crippen LogP contribution in [0, 0.1) is 0 Å². The van der Waals surface area contributed by atoms with Gasteiger partial charge >= 0.3 is 0 Å². The number of thiophene rings is 2. The standard InChI is InChI=1S/C50H30N2O2S2/c1-3-11-31(12-4-1)51(35-19-23-39-37-15-7-9-17-45(37)55-47(39)29-35)33-22-26-43-42(27-33)49-41-25-21-34(28-44(41)54-50(49)53-43)52(32-13-5-2-6-14-32)36-20-24-40-38-16-8-10-18-46(38)56-48(40)30-36/h1-30H. The van der Waals surface area contributed by atoms with E-state index in [9.17, 15) is 0 Å². The van der Waals surface area contributed by atoms with Gasteiger partial charge in [0.2, 0.25) is 0 Å². The first-order chi connectivity index (χ1) is 27.7. The first-order valence-electron chi connectivity index (χ1n) is 18.7. The van der Waals surface area contributed by atoms with Crippen LogP contribution in [0.4, 0.5) is 34.1 Å². The van der Waals surface area contributed by atoms with Crippen LogP contribution in [0.15, 0.2) is 191 Å². The summed E-state index contributed by atoms with van der Waals surface area (Å²) < 4.78 is 18.1. The van der Waals surface area contributed by atoms with E-state index in [0.717, 1.165) is 61.4 Å². The van der Waals surface area contributed by atoms with Crippen molar-refractivity contribution in [2.75, 3.05) is 9.80 Å². The molecule has 0 atom stereocenters. The fourth-order valence-electron chi connectivity index (χ4n) is 8.33. The minimum atomic E-state index is 0.528. The summed E-state index contributed by atoms with van der Waals surface area (Å²) in [6.07, 6.45) is 0. The zero-order valence-corrected chi connectivity index (χ0v) is 31.5. The molecule has 12 rings (SSSR count). The highest BCUT2D eigenvalue weighted by Gasteiger charge is 2.22. The molecule has 4 aromatic heterocycles. The Bertz CT molecular complexity index is 3450. The quantitative estimate of drug-likeness (QED) is 0.169. The van der Waals surface area contributed by atoms with E-state index in [1.54, 1.807) is 0 Å². The fourth-order valence-corrected chi connectivity index (χ4v) is 10.6. The molecule has 0 saturated carbocycles. The SMILES string of the molecule is c1ccc(N(c2ccc3c(c2)oc2oc4ccc(N(c5ccccc5)c5ccc6c(c5)sc5ccccc56)cc4c23)c2ccc3c(c2)sc2ccccc23)cc1. The summed E-state index contributed by atoms with van der Waals surface area (Å²) in [5.74, 6) is 0.528. The van der Waals surface area contributed by atoms with Crippen molar-refractivity contribution in [3.05, 3.63) is 182 Å². The Balaban J connectivity index is 0.993. The maximum absolute atomic E-state index is 6.55. The second kappa shape index (κ2) is 12.3. The number of furan rings is 2. The zero-order chi connectivity index (χ0) is 36.7. The van der Waals surface area contributed by atoms with E-state index in [1.807, 2.05) is 22.7 Å². The summed E-state index contributed by atoms with van der Waals surface area (Å²) in [5, 5.41) is 8.17. The van der Waals surface area contributed by atoms with Gasteiger partial charge in [-0.25, -0.2) is 0 Å². The van der Waals surface area contributed by atoms with E-state index in [-0.39, 0.29) is 0 Å². The predicted octanol–water partition coefficient (Wildman–Crippen LogP) is 16.0. The van der Waals surface area contributed by atoms with Crippen molar-refractivity contribution >= 4 is 130 Å². The Morgan fingerprint density at radius 3 is 1.34 bits per heavy atom. The third kappa shape index (κ3) is 4.90. The molecule has 0 unspecified atom stereocenters. The van der Waals surface area contributed by atoms with Crippen molar-refractivity contribution in [2.45, 2.75) is 0 Å². The summed E-state index contributed by atoms with van der Waals surface area (Å²) in [4.78, 5) is 4.63. The van der Waals surface area contributed by atoms with E-state index in [2.05, 4.69) is 192 Å². The molecule has 0 saturated heterocycles. The van der Waals surface area contributed by atoms with Crippen LogP contribution in [0.5, 0.6) is 0 Å². The van der Waals surface area contributed by atoms with E-state index >= 15 is 0 Å². The molecule has 0 radical (unpaired) electrons. The van der Waals surface area contributed by atoms with Gasteiger partial charge < -0.3 is 18.6 Å². The zero-order valence-electron chi connectivity index (χ0n) is 29.8. The molecule has 0 aliphatic heterocycles. The lowest BCUT2D eigenvalue weighted by Gasteiger charge is -2.25. The van der Waals surface area contributed by atoms with Crippen LogP contribution in [0.2, 0.25) is 0 Å². The average Bonchev–Trinajstić information content (AvgIpc) is 4.00. The second-order valence-corrected chi connectivity index (χ2v) is 16.3. The maximum Gasteiger partial charge on any atom is 0.299 e. The lowest BCUT2D eigenvalue weighted by Crippen LogP contribution is -2.09. The van der Waals surface area contributed by atoms with Crippen LogP contribution in [-0.4, -0.2) is 0 Å². The normalized spacial score (nSPS) is 11.9. The van der Waals surface area contributed by atoms with Crippen LogP contribution in [0.3, 0.4) is 0 Å². The van der Waals surface area contributed by atoms with Gasteiger partial charge in [-0.2, -0.15) is 0 Å². The Kier molecular flexibility index (Phi) is 6.93. The van der Waals surface area contributed by atoms with E-state index < -0.39 is 0 Å². The number of benzene rings is 8. The average molecular weight is 755 g/mol. The smallest absolute Gasteiger partial charge is 0.299 e. The van der Waals surface area contributed by atoms with Gasteiger partial charge in [0.25, 0.3) is 5.78 Å². The largest absolute Gasteiger partial charge is 0.425 e. The molecule has 0 N–H and O–H groups in total. The predicted molar refractivity (Wildman–Crippen MR) is 239 cm³/mol. The van der Waals surface area contributed by atoms with Gasteiger partial charge in [0.05, 0.1) is 5.39 Å². The van der Waals surface area contributed by atoms with Crippen LogP contribution < -0.4 is 9.80 Å². The highest BCUT2D eigenvalue weighted by Crippen LogP contribution is 2.46. The number of anilines is 6. The highest BCUT2D eigenvalue weighted by atomic mass is 32.1. The number of para-hydroxylation sites is 2. The number of hydrogen-bond acceptors (Lipinski definition) is 6. The highest BCUT2D eigenvalue weighted by molar-refractivity contribution is 7.26. The Morgan fingerprint density at radius 2 is 0.750 bits per heavy atom. The second-order valence-electron chi connectivity index (χ2n) is 14.1. The molecule has 56 heavy (non-hydrogen) atoms. The van der Waals surface area contributed by atoms with Crippen molar-refractivity contribution < 1.29 is 8.83 Å². The van der Waals surface area contributed by atoms with Crippen LogP contribution in [-0.2, 0) is 0 Å². The molecular weight excluding hydrogens is 725 g/mol. The minimum absolute atomic E-state index is 0.528. The van der Waals surface area contributed by atoms with Gasteiger partial charge in [0, 0.05) is 91.3 Å². The number of nitrogens with zero attached hydrogens (tertiary/aromatic N) is 2. The molecule has 4 heterocycles. The Hall–Kier alpha value is -6.86. The minimum Gasteiger partial charge on any atom is -0.425 e. The summed E-state index contributed by atoms with van der Waals surface area (Å²) >= 11 is 3.67. The number of hydrogen-bond donors (Lipinski definition) is 0. The van der Waals surface area contributed by atoms with Gasteiger partial charge in [-0.3, -0.25) is 0 Å². The molecule has 0 fully saturated rings. The van der Waals surface area contributed by atoms with Gasteiger partial charge in [-0.1, -0.05) is 84.9 Å². The van der Waals surface area contributed by atoms with Crippen LogP contribution in [0.25, 0.3) is 73.4 Å². The molecule has 6 heteroatoms. The first-order valence-corrected chi connectivity index (χ1v) is 20.3.